The molecule has 0 unspecified atom stereocenters. The Morgan fingerprint density at radius 3 is 2.62 bits per heavy atom. The van der Waals surface area contributed by atoms with Gasteiger partial charge in [0.1, 0.15) is 0 Å². The van der Waals surface area contributed by atoms with Crippen molar-refractivity contribution in [1.29, 1.82) is 0 Å². The Morgan fingerprint density at radius 2 is 2.12 bits per heavy atom. The standard InChI is InChI=1S/C11H21BrN4/c1-4-15(7-6-13)8-10-11(12)9(3)14-16(10)5-2/h4-8,13H2,1-3H3. The van der Waals surface area contributed by atoms with Crippen molar-refractivity contribution < 1.29 is 0 Å². The Balaban J connectivity index is 2.85. The Hall–Kier alpha value is -0.390. The molecular weight excluding hydrogens is 268 g/mol. The molecule has 0 aliphatic heterocycles. The zero-order valence-electron chi connectivity index (χ0n) is 10.3. The summed E-state index contributed by atoms with van der Waals surface area (Å²) in [6.07, 6.45) is 0. The number of rotatable bonds is 6. The Morgan fingerprint density at radius 1 is 1.44 bits per heavy atom. The summed E-state index contributed by atoms with van der Waals surface area (Å²) in [4.78, 5) is 2.33. The molecule has 4 nitrogen and oxygen atoms in total. The fourth-order valence-corrected chi connectivity index (χ4v) is 2.17. The predicted octanol–water partition coefficient (Wildman–Crippen LogP) is 1.75. The van der Waals surface area contributed by atoms with Crippen LogP contribution in [0.3, 0.4) is 0 Å². The topological polar surface area (TPSA) is 47.1 Å². The lowest BCUT2D eigenvalue weighted by atomic mass is 10.3. The van der Waals surface area contributed by atoms with Crippen LogP contribution in [0, 0.1) is 6.92 Å². The average Bonchev–Trinajstić information content (AvgIpc) is 2.55. The monoisotopic (exact) mass is 288 g/mol. The Labute approximate surface area is 106 Å². The maximum Gasteiger partial charge on any atom is 0.0739 e. The molecule has 0 saturated carbocycles. The zero-order valence-corrected chi connectivity index (χ0v) is 11.9. The first-order valence-electron chi connectivity index (χ1n) is 5.78. The van der Waals surface area contributed by atoms with E-state index >= 15 is 0 Å². The number of hydrogen-bond acceptors (Lipinski definition) is 3. The SMILES string of the molecule is CCN(CCN)Cc1c(Br)c(C)nn1CC. The minimum Gasteiger partial charge on any atom is -0.329 e. The van der Waals surface area contributed by atoms with Crippen LogP contribution in [0.2, 0.25) is 0 Å². The van der Waals surface area contributed by atoms with E-state index in [1.807, 2.05) is 6.92 Å². The molecule has 0 fully saturated rings. The number of hydrogen-bond donors (Lipinski definition) is 1. The van der Waals surface area contributed by atoms with E-state index in [0.717, 1.165) is 36.3 Å². The van der Waals surface area contributed by atoms with Gasteiger partial charge < -0.3 is 5.73 Å². The molecular formula is C11H21BrN4. The van der Waals surface area contributed by atoms with Crippen LogP contribution in [-0.4, -0.2) is 34.3 Å². The average molecular weight is 289 g/mol. The third-order valence-electron chi connectivity index (χ3n) is 2.72. The van der Waals surface area contributed by atoms with Crippen LogP contribution in [0.25, 0.3) is 0 Å². The van der Waals surface area contributed by atoms with Crippen molar-refractivity contribution >= 4 is 15.9 Å². The molecule has 0 aliphatic rings. The molecule has 0 aliphatic carbocycles. The minimum atomic E-state index is 0.699. The summed E-state index contributed by atoms with van der Waals surface area (Å²) in [5.74, 6) is 0. The summed E-state index contributed by atoms with van der Waals surface area (Å²) < 4.78 is 3.18. The minimum absolute atomic E-state index is 0.699. The first kappa shape index (κ1) is 13.7. The molecule has 1 aromatic rings. The summed E-state index contributed by atoms with van der Waals surface area (Å²) in [5.41, 5.74) is 7.90. The normalized spacial score (nSPS) is 11.4. The molecule has 5 heteroatoms. The number of nitrogens with two attached hydrogens (primary N) is 1. The van der Waals surface area contributed by atoms with Crippen molar-refractivity contribution in [2.24, 2.45) is 5.73 Å². The van der Waals surface area contributed by atoms with Gasteiger partial charge in [0.2, 0.25) is 0 Å². The van der Waals surface area contributed by atoms with Crippen LogP contribution >= 0.6 is 15.9 Å². The van der Waals surface area contributed by atoms with Gasteiger partial charge in [-0.3, -0.25) is 9.58 Å². The van der Waals surface area contributed by atoms with E-state index in [4.69, 9.17) is 5.73 Å². The summed E-state index contributed by atoms with van der Waals surface area (Å²) in [7, 11) is 0. The molecule has 0 saturated heterocycles. The van der Waals surface area contributed by atoms with Gasteiger partial charge in [0, 0.05) is 26.2 Å². The fraction of sp³-hybridized carbons (Fsp3) is 0.727. The van der Waals surface area contributed by atoms with Gasteiger partial charge in [-0.15, -0.1) is 0 Å². The highest BCUT2D eigenvalue weighted by Gasteiger charge is 2.14. The zero-order chi connectivity index (χ0) is 12.1. The number of aromatic nitrogens is 2. The van der Waals surface area contributed by atoms with Crippen molar-refractivity contribution in [1.82, 2.24) is 14.7 Å². The van der Waals surface area contributed by atoms with E-state index in [1.54, 1.807) is 0 Å². The van der Waals surface area contributed by atoms with Gasteiger partial charge >= 0.3 is 0 Å². The van der Waals surface area contributed by atoms with Gasteiger partial charge in [0.15, 0.2) is 0 Å². The van der Waals surface area contributed by atoms with Crippen molar-refractivity contribution in [3.8, 4) is 0 Å². The second-order valence-corrected chi connectivity index (χ2v) is 4.61. The predicted molar refractivity (Wildman–Crippen MR) is 70.3 cm³/mol. The lowest BCUT2D eigenvalue weighted by molar-refractivity contribution is 0.278. The molecule has 0 aromatic carbocycles. The second-order valence-electron chi connectivity index (χ2n) is 3.82. The maximum absolute atomic E-state index is 5.60. The van der Waals surface area contributed by atoms with Crippen LogP contribution in [-0.2, 0) is 13.1 Å². The summed E-state index contributed by atoms with van der Waals surface area (Å²) in [6, 6.07) is 0. The molecule has 2 N–H and O–H groups in total. The van der Waals surface area contributed by atoms with Gasteiger partial charge in [-0.2, -0.15) is 5.10 Å². The van der Waals surface area contributed by atoms with Gasteiger partial charge in [-0.25, -0.2) is 0 Å². The van der Waals surface area contributed by atoms with E-state index < -0.39 is 0 Å². The fourth-order valence-electron chi connectivity index (χ4n) is 1.76. The van der Waals surface area contributed by atoms with E-state index in [1.165, 1.54) is 5.69 Å². The first-order valence-corrected chi connectivity index (χ1v) is 6.57. The highest BCUT2D eigenvalue weighted by Crippen LogP contribution is 2.22. The van der Waals surface area contributed by atoms with Gasteiger partial charge in [0.25, 0.3) is 0 Å². The summed E-state index contributed by atoms with van der Waals surface area (Å²) in [6.45, 7) is 10.7. The lowest BCUT2D eigenvalue weighted by Crippen LogP contribution is -2.30. The summed E-state index contributed by atoms with van der Waals surface area (Å²) >= 11 is 3.61. The molecule has 1 rings (SSSR count). The lowest BCUT2D eigenvalue weighted by Gasteiger charge is -2.20. The second kappa shape index (κ2) is 6.37. The molecule has 1 aromatic heterocycles. The van der Waals surface area contributed by atoms with Gasteiger partial charge in [-0.05, 0) is 36.3 Å². The highest BCUT2D eigenvalue weighted by molar-refractivity contribution is 9.10. The molecule has 92 valence electrons. The number of nitrogens with zero attached hydrogens (tertiary/aromatic N) is 3. The smallest absolute Gasteiger partial charge is 0.0739 e. The van der Waals surface area contributed by atoms with E-state index in [0.29, 0.717) is 6.54 Å². The van der Waals surface area contributed by atoms with Crippen LogP contribution in [0.5, 0.6) is 0 Å². The molecule has 0 amide bonds. The number of aryl methyl sites for hydroxylation is 2. The van der Waals surface area contributed by atoms with Crippen molar-refractivity contribution in [3.63, 3.8) is 0 Å². The van der Waals surface area contributed by atoms with Crippen LogP contribution in [0.4, 0.5) is 0 Å². The van der Waals surface area contributed by atoms with E-state index in [9.17, 15) is 0 Å². The highest BCUT2D eigenvalue weighted by atomic mass is 79.9. The van der Waals surface area contributed by atoms with Gasteiger partial charge in [-0.1, -0.05) is 6.92 Å². The van der Waals surface area contributed by atoms with Crippen molar-refractivity contribution in [2.75, 3.05) is 19.6 Å². The molecule has 0 atom stereocenters. The van der Waals surface area contributed by atoms with Gasteiger partial charge in [0.05, 0.1) is 15.9 Å². The molecule has 0 radical (unpaired) electrons. The van der Waals surface area contributed by atoms with Crippen LogP contribution in [0.15, 0.2) is 4.47 Å². The molecule has 1 heterocycles. The van der Waals surface area contributed by atoms with Crippen LogP contribution in [0.1, 0.15) is 25.2 Å². The number of likely N-dealkylation sites (N-methyl/N-ethyl adjacent to an activating group) is 1. The van der Waals surface area contributed by atoms with Crippen molar-refractivity contribution in [3.05, 3.63) is 15.9 Å². The first-order chi connectivity index (χ1) is 7.63. The van der Waals surface area contributed by atoms with Crippen LogP contribution < -0.4 is 5.73 Å². The molecule has 16 heavy (non-hydrogen) atoms. The van der Waals surface area contributed by atoms with Crippen molar-refractivity contribution in [2.45, 2.75) is 33.9 Å². The molecule has 0 bridgehead atoms. The summed E-state index contributed by atoms with van der Waals surface area (Å²) in [5, 5.41) is 4.49. The Bertz CT molecular complexity index is 335. The van der Waals surface area contributed by atoms with E-state index in [2.05, 4.69) is 44.5 Å². The third kappa shape index (κ3) is 3.06. The number of halogens is 1. The molecule has 0 spiro atoms. The third-order valence-corrected chi connectivity index (χ3v) is 3.75. The van der Waals surface area contributed by atoms with E-state index in [-0.39, 0.29) is 0 Å². The maximum atomic E-state index is 5.60. The Kier molecular flexibility index (Phi) is 5.44. The largest absolute Gasteiger partial charge is 0.329 e. The quantitative estimate of drug-likeness (QED) is 0.868.